The normalized spacial score (nSPS) is 26.1. The van der Waals surface area contributed by atoms with E-state index in [9.17, 15) is 8.42 Å². The first kappa shape index (κ1) is 9.95. The minimum atomic E-state index is -3.01. The van der Waals surface area contributed by atoms with Gasteiger partial charge in [-0.05, 0) is 19.4 Å². The Hall–Kier alpha value is -0.130. The van der Waals surface area contributed by atoms with Crippen LogP contribution in [0, 0.1) is 0 Å². The van der Waals surface area contributed by atoms with Crippen LogP contribution in [0.3, 0.4) is 0 Å². The molecule has 0 aromatic heterocycles. The van der Waals surface area contributed by atoms with Crippen LogP contribution in [-0.2, 0) is 10.0 Å². The fourth-order valence-corrected chi connectivity index (χ4v) is 2.14. The minimum absolute atomic E-state index is 0.147. The number of nitrogens with zero attached hydrogens (tertiary/aromatic N) is 1. The molecule has 4 nitrogen and oxygen atoms in total. The molecule has 1 rings (SSSR count). The highest BCUT2D eigenvalue weighted by molar-refractivity contribution is 7.88. The number of piperidine rings is 1. The zero-order valence-corrected chi connectivity index (χ0v) is 8.39. The van der Waals surface area contributed by atoms with Crippen molar-refractivity contribution in [1.29, 1.82) is 0 Å². The highest BCUT2D eigenvalue weighted by Crippen LogP contribution is 2.10. The molecule has 1 heterocycles. The fourth-order valence-electron chi connectivity index (χ4n) is 1.41. The number of hydrogen-bond acceptors (Lipinski definition) is 3. The van der Waals surface area contributed by atoms with Crippen molar-refractivity contribution in [3.8, 4) is 0 Å². The molecule has 0 radical (unpaired) electrons. The maximum Gasteiger partial charge on any atom is 0.211 e. The van der Waals surface area contributed by atoms with Gasteiger partial charge in [0, 0.05) is 19.6 Å². The number of sulfonamides is 1. The van der Waals surface area contributed by atoms with E-state index in [1.807, 2.05) is 0 Å². The van der Waals surface area contributed by atoms with E-state index in [4.69, 9.17) is 0 Å². The number of likely N-dealkylation sites (N-methyl/N-ethyl adjacent to an activating group) is 1. The lowest BCUT2D eigenvalue weighted by molar-refractivity contribution is 0.301. The maximum absolute atomic E-state index is 11.1. The molecule has 1 aliphatic heterocycles. The van der Waals surface area contributed by atoms with Gasteiger partial charge in [0.15, 0.2) is 0 Å². The second kappa shape index (κ2) is 3.72. The summed E-state index contributed by atoms with van der Waals surface area (Å²) >= 11 is 0. The minimum Gasteiger partial charge on any atom is -0.315 e. The standard InChI is InChI=1S/C7H16N2O2S/c1-9(12(2,10)11)7-4-3-5-8-6-7/h7-8H,3-6H2,1-2H3. The third kappa shape index (κ3) is 2.43. The molecule has 1 N–H and O–H groups in total. The number of hydrogen-bond donors (Lipinski definition) is 1. The number of rotatable bonds is 2. The molecule has 72 valence electrons. The van der Waals surface area contributed by atoms with E-state index in [0.717, 1.165) is 25.9 Å². The summed E-state index contributed by atoms with van der Waals surface area (Å²) in [6.07, 6.45) is 3.28. The summed E-state index contributed by atoms with van der Waals surface area (Å²) < 4.78 is 23.7. The zero-order chi connectivity index (χ0) is 9.19. The Morgan fingerprint density at radius 1 is 1.50 bits per heavy atom. The van der Waals surface area contributed by atoms with E-state index < -0.39 is 10.0 Å². The van der Waals surface area contributed by atoms with Crippen LogP contribution in [0.25, 0.3) is 0 Å². The van der Waals surface area contributed by atoms with Crippen molar-refractivity contribution in [3.05, 3.63) is 0 Å². The van der Waals surface area contributed by atoms with E-state index in [1.54, 1.807) is 7.05 Å². The van der Waals surface area contributed by atoms with Crippen molar-refractivity contribution in [1.82, 2.24) is 9.62 Å². The molecule has 0 spiro atoms. The molecule has 5 heteroatoms. The maximum atomic E-state index is 11.1. The van der Waals surface area contributed by atoms with E-state index in [0.29, 0.717) is 0 Å². The van der Waals surface area contributed by atoms with Crippen LogP contribution >= 0.6 is 0 Å². The lowest BCUT2D eigenvalue weighted by atomic mass is 10.1. The third-order valence-corrected chi connectivity index (χ3v) is 3.65. The van der Waals surface area contributed by atoms with Crippen LogP contribution in [0.15, 0.2) is 0 Å². The van der Waals surface area contributed by atoms with Crippen LogP contribution in [0.2, 0.25) is 0 Å². The molecule has 1 saturated heterocycles. The quantitative estimate of drug-likeness (QED) is 0.649. The SMILES string of the molecule is CN(C1CCCNC1)S(C)(=O)=O. The molecule has 0 aromatic carbocycles. The monoisotopic (exact) mass is 192 g/mol. The van der Waals surface area contributed by atoms with Crippen molar-refractivity contribution >= 4 is 10.0 Å². The van der Waals surface area contributed by atoms with Gasteiger partial charge in [0.05, 0.1) is 6.26 Å². The Labute approximate surface area is 74.0 Å². The van der Waals surface area contributed by atoms with Gasteiger partial charge >= 0.3 is 0 Å². The van der Waals surface area contributed by atoms with Crippen molar-refractivity contribution in [2.75, 3.05) is 26.4 Å². The molecule has 12 heavy (non-hydrogen) atoms. The summed E-state index contributed by atoms with van der Waals surface area (Å²) in [6.45, 7) is 1.79. The Morgan fingerprint density at radius 2 is 2.17 bits per heavy atom. The van der Waals surface area contributed by atoms with Gasteiger partial charge in [0.25, 0.3) is 0 Å². The molecule has 1 unspecified atom stereocenters. The first-order chi connectivity index (χ1) is 5.52. The van der Waals surface area contributed by atoms with E-state index in [-0.39, 0.29) is 6.04 Å². The van der Waals surface area contributed by atoms with Crippen molar-refractivity contribution in [2.24, 2.45) is 0 Å². The highest BCUT2D eigenvalue weighted by atomic mass is 32.2. The van der Waals surface area contributed by atoms with Crippen molar-refractivity contribution in [3.63, 3.8) is 0 Å². The molecule has 0 aliphatic carbocycles. The van der Waals surface area contributed by atoms with Gasteiger partial charge in [0.1, 0.15) is 0 Å². The summed E-state index contributed by atoms with van der Waals surface area (Å²) in [7, 11) is -1.36. The average molecular weight is 192 g/mol. The Balaban J connectivity index is 2.57. The average Bonchev–Trinajstić information content (AvgIpc) is 2.03. The van der Waals surface area contributed by atoms with Crippen LogP contribution in [-0.4, -0.2) is 45.2 Å². The second-order valence-electron chi connectivity index (χ2n) is 3.28. The molecule has 0 saturated carbocycles. The van der Waals surface area contributed by atoms with Gasteiger partial charge in [-0.2, -0.15) is 0 Å². The molecule has 1 atom stereocenters. The van der Waals surface area contributed by atoms with Crippen molar-refractivity contribution in [2.45, 2.75) is 18.9 Å². The first-order valence-electron chi connectivity index (χ1n) is 4.15. The van der Waals surface area contributed by atoms with Gasteiger partial charge in [-0.15, -0.1) is 0 Å². The lowest BCUT2D eigenvalue weighted by Crippen LogP contribution is -2.46. The van der Waals surface area contributed by atoms with E-state index in [1.165, 1.54) is 10.6 Å². The van der Waals surface area contributed by atoms with Crippen LogP contribution < -0.4 is 5.32 Å². The van der Waals surface area contributed by atoms with Gasteiger partial charge in [-0.3, -0.25) is 0 Å². The van der Waals surface area contributed by atoms with Gasteiger partial charge in [-0.25, -0.2) is 12.7 Å². The molecule has 1 aliphatic rings. The largest absolute Gasteiger partial charge is 0.315 e. The third-order valence-electron chi connectivity index (χ3n) is 2.31. The van der Waals surface area contributed by atoms with Crippen LogP contribution in [0.1, 0.15) is 12.8 Å². The summed E-state index contributed by atoms with van der Waals surface area (Å²) in [6, 6.07) is 0.147. The molecule has 0 amide bonds. The van der Waals surface area contributed by atoms with Crippen LogP contribution in [0.4, 0.5) is 0 Å². The lowest BCUT2D eigenvalue weighted by Gasteiger charge is -2.29. The number of nitrogens with one attached hydrogen (secondary N) is 1. The molecule has 0 bridgehead atoms. The predicted octanol–water partition coefficient (Wildman–Crippen LogP) is -0.370. The topological polar surface area (TPSA) is 49.4 Å². The first-order valence-corrected chi connectivity index (χ1v) is 6.00. The zero-order valence-electron chi connectivity index (χ0n) is 7.58. The van der Waals surface area contributed by atoms with Gasteiger partial charge < -0.3 is 5.32 Å². The summed E-state index contributed by atoms with van der Waals surface area (Å²) in [5.41, 5.74) is 0. The smallest absolute Gasteiger partial charge is 0.211 e. The predicted molar refractivity (Wildman–Crippen MR) is 48.5 cm³/mol. The molecule has 0 aromatic rings. The summed E-state index contributed by atoms with van der Waals surface area (Å²) in [5, 5.41) is 3.18. The molecule has 1 fully saturated rings. The Morgan fingerprint density at radius 3 is 2.58 bits per heavy atom. The van der Waals surface area contributed by atoms with Crippen LogP contribution in [0.5, 0.6) is 0 Å². The summed E-state index contributed by atoms with van der Waals surface area (Å²) in [5.74, 6) is 0. The second-order valence-corrected chi connectivity index (χ2v) is 5.32. The Bertz CT molecular complexity index is 232. The molecular formula is C7H16N2O2S. The summed E-state index contributed by atoms with van der Waals surface area (Å²) in [4.78, 5) is 0. The fraction of sp³-hybridized carbons (Fsp3) is 1.00. The van der Waals surface area contributed by atoms with Gasteiger partial charge in [-0.1, -0.05) is 0 Å². The van der Waals surface area contributed by atoms with E-state index >= 15 is 0 Å². The van der Waals surface area contributed by atoms with Gasteiger partial charge in [0.2, 0.25) is 10.0 Å². The highest BCUT2D eigenvalue weighted by Gasteiger charge is 2.23. The van der Waals surface area contributed by atoms with E-state index in [2.05, 4.69) is 5.32 Å². The molecular weight excluding hydrogens is 176 g/mol. The van der Waals surface area contributed by atoms with Crippen molar-refractivity contribution < 1.29 is 8.42 Å². The Kier molecular flexibility index (Phi) is 3.09.